The third-order valence-electron chi connectivity index (χ3n) is 4.45. The van der Waals surface area contributed by atoms with Gasteiger partial charge in [0.05, 0.1) is 0 Å². The van der Waals surface area contributed by atoms with Crippen molar-refractivity contribution in [1.82, 2.24) is 0 Å². The molecule has 0 aromatic carbocycles. The summed E-state index contributed by atoms with van der Waals surface area (Å²) in [6, 6.07) is 2.07. The molecule has 0 amide bonds. The van der Waals surface area contributed by atoms with Crippen molar-refractivity contribution in [3.8, 4) is 0 Å². The predicted octanol–water partition coefficient (Wildman–Crippen LogP) is 5.94. The Bertz CT molecular complexity index is 323. The van der Waals surface area contributed by atoms with Gasteiger partial charge in [-0.25, -0.2) is 0 Å². The van der Waals surface area contributed by atoms with Gasteiger partial charge in [0.2, 0.25) is 5.12 Å². The van der Waals surface area contributed by atoms with E-state index in [1.165, 1.54) is 63.1 Å². The zero-order valence-electron chi connectivity index (χ0n) is 17.6. The van der Waals surface area contributed by atoms with Gasteiger partial charge in [0, 0.05) is 26.1 Å². The summed E-state index contributed by atoms with van der Waals surface area (Å²) in [5.74, 6) is 0.828. The van der Waals surface area contributed by atoms with E-state index in [9.17, 15) is 4.79 Å². The van der Waals surface area contributed by atoms with Gasteiger partial charge in [0.1, 0.15) is 6.61 Å². The third kappa shape index (κ3) is 14.2. The first-order chi connectivity index (χ1) is 12.6. The molecule has 0 aliphatic heterocycles. The molecule has 0 radical (unpaired) electrons. The van der Waals surface area contributed by atoms with Crippen molar-refractivity contribution in [3.05, 3.63) is 0 Å². The SMILES string of the molecule is CCCCCCCCCC[Si](CCCSC(=O)COC)(OCC)OCC. The molecule has 156 valence electrons. The van der Waals surface area contributed by atoms with E-state index in [2.05, 4.69) is 20.8 Å². The van der Waals surface area contributed by atoms with Gasteiger partial charge in [0.15, 0.2) is 0 Å². The molecule has 0 heterocycles. The highest BCUT2D eigenvalue weighted by atomic mass is 32.2. The van der Waals surface area contributed by atoms with Gasteiger partial charge >= 0.3 is 8.56 Å². The molecule has 0 fully saturated rings. The smallest absolute Gasteiger partial charge is 0.338 e. The Labute approximate surface area is 167 Å². The lowest BCUT2D eigenvalue weighted by molar-refractivity contribution is -0.114. The maximum atomic E-state index is 11.5. The summed E-state index contributed by atoms with van der Waals surface area (Å²) in [4.78, 5) is 11.5. The van der Waals surface area contributed by atoms with Crippen molar-refractivity contribution < 1.29 is 18.4 Å². The lowest BCUT2D eigenvalue weighted by Crippen LogP contribution is -2.42. The highest BCUT2D eigenvalue weighted by Crippen LogP contribution is 2.26. The van der Waals surface area contributed by atoms with Crippen molar-refractivity contribution in [3.63, 3.8) is 0 Å². The van der Waals surface area contributed by atoms with Gasteiger partial charge in [0.25, 0.3) is 0 Å². The quantitative estimate of drug-likeness (QED) is 0.196. The molecule has 0 N–H and O–H groups in total. The highest BCUT2D eigenvalue weighted by molar-refractivity contribution is 8.13. The van der Waals surface area contributed by atoms with E-state index in [1.807, 2.05) is 0 Å². The van der Waals surface area contributed by atoms with Crippen molar-refractivity contribution in [2.45, 2.75) is 90.6 Å². The monoisotopic (exact) mass is 406 g/mol. The fourth-order valence-corrected chi connectivity index (χ4v) is 7.64. The molecule has 0 spiro atoms. The maximum absolute atomic E-state index is 11.5. The number of unbranched alkanes of at least 4 members (excludes halogenated alkanes) is 7. The van der Waals surface area contributed by atoms with Gasteiger partial charge in [-0.3, -0.25) is 4.79 Å². The largest absolute Gasteiger partial charge is 0.394 e. The number of thioether (sulfide) groups is 1. The first kappa shape index (κ1) is 26.1. The van der Waals surface area contributed by atoms with E-state index in [-0.39, 0.29) is 11.7 Å². The Morgan fingerprint density at radius 3 is 1.88 bits per heavy atom. The molecular weight excluding hydrogens is 364 g/mol. The Morgan fingerprint density at radius 1 is 0.808 bits per heavy atom. The van der Waals surface area contributed by atoms with Crippen LogP contribution in [0.5, 0.6) is 0 Å². The van der Waals surface area contributed by atoms with Gasteiger partial charge in [-0.1, -0.05) is 70.1 Å². The average molecular weight is 407 g/mol. The first-order valence-corrected chi connectivity index (χ1v) is 13.8. The second-order valence-corrected chi connectivity index (χ2v) is 11.3. The molecule has 0 rings (SSSR count). The van der Waals surface area contributed by atoms with Crippen LogP contribution in [-0.4, -0.2) is 46.4 Å². The number of carbonyl (C=O) groups is 1. The summed E-state index contributed by atoms with van der Waals surface area (Å²) < 4.78 is 17.2. The fraction of sp³-hybridized carbons (Fsp3) is 0.950. The van der Waals surface area contributed by atoms with Gasteiger partial charge in [-0.05, 0) is 32.4 Å². The van der Waals surface area contributed by atoms with E-state index in [0.717, 1.165) is 37.5 Å². The summed E-state index contributed by atoms with van der Waals surface area (Å²) >= 11 is 1.37. The Hall–Kier alpha value is 0.117. The summed E-state index contributed by atoms with van der Waals surface area (Å²) in [6.45, 7) is 8.02. The lowest BCUT2D eigenvalue weighted by atomic mass is 10.1. The zero-order valence-corrected chi connectivity index (χ0v) is 19.5. The van der Waals surface area contributed by atoms with Crippen LogP contribution in [0.1, 0.15) is 78.6 Å². The topological polar surface area (TPSA) is 44.8 Å². The zero-order chi connectivity index (χ0) is 19.5. The minimum atomic E-state index is -2.12. The van der Waals surface area contributed by atoms with Crippen LogP contribution in [-0.2, 0) is 18.4 Å². The van der Waals surface area contributed by atoms with Crippen LogP contribution >= 0.6 is 11.8 Å². The minimum absolute atomic E-state index is 0.107. The maximum Gasteiger partial charge on any atom is 0.338 e. The van der Waals surface area contributed by atoms with Crippen LogP contribution in [0.2, 0.25) is 12.1 Å². The Balaban J connectivity index is 4.16. The lowest BCUT2D eigenvalue weighted by Gasteiger charge is -2.30. The first-order valence-electron chi connectivity index (χ1n) is 10.6. The second kappa shape index (κ2) is 18.5. The van der Waals surface area contributed by atoms with E-state index in [4.69, 9.17) is 13.6 Å². The summed E-state index contributed by atoms with van der Waals surface area (Å²) in [5.41, 5.74) is 0. The molecule has 4 nitrogen and oxygen atoms in total. The molecule has 0 aromatic heterocycles. The molecule has 0 bridgehead atoms. The predicted molar refractivity (Wildman–Crippen MR) is 115 cm³/mol. The van der Waals surface area contributed by atoms with Crippen molar-refractivity contribution in [1.29, 1.82) is 0 Å². The van der Waals surface area contributed by atoms with Crippen LogP contribution in [0.15, 0.2) is 0 Å². The normalized spacial score (nSPS) is 11.8. The fourth-order valence-electron chi connectivity index (χ4n) is 3.20. The van der Waals surface area contributed by atoms with Gasteiger partial charge < -0.3 is 13.6 Å². The molecule has 0 aromatic rings. The minimum Gasteiger partial charge on any atom is -0.394 e. The van der Waals surface area contributed by atoms with Gasteiger partial charge in [-0.15, -0.1) is 0 Å². The highest BCUT2D eigenvalue weighted by Gasteiger charge is 2.35. The van der Waals surface area contributed by atoms with Crippen LogP contribution in [0.3, 0.4) is 0 Å². The van der Waals surface area contributed by atoms with Crippen molar-refractivity contribution in [2.75, 3.05) is 32.7 Å². The van der Waals surface area contributed by atoms with Crippen LogP contribution in [0.25, 0.3) is 0 Å². The molecule has 0 atom stereocenters. The number of methoxy groups -OCH3 is 1. The van der Waals surface area contributed by atoms with E-state index >= 15 is 0 Å². The average Bonchev–Trinajstić information content (AvgIpc) is 2.62. The Kier molecular flexibility index (Phi) is 18.6. The number of hydrogen-bond donors (Lipinski definition) is 0. The molecular formula is C20H42O4SSi. The summed E-state index contributed by atoms with van der Waals surface area (Å²) in [7, 11) is -0.563. The van der Waals surface area contributed by atoms with E-state index in [1.54, 1.807) is 7.11 Å². The molecule has 0 aliphatic carbocycles. The molecule has 0 unspecified atom stereocenters. The van der Waals surface area contributed by atoms with Crippen molar-refractivity contribution in [2.24, 2.45) is 0 Å². The standard InChI is InChI=1S/C20H42O4SSi/c1-5-8-9-10-11-12-13-14-17-26(23-6-2,24-7-3)18-15-16-25-20(21)19-22-4/h5-19H2,1-4H3. The molecule has 6 heteroatoms. The van der Waals surface area contributed by atoms with Gasteiger partial charge in [-0.2, -0.15) is 0 Å². The van der Waals surface area contributed by atoms with Crippen LogP contribution in [0.4, 0.5) is 0 Å². The number of rotatable bonds is 19. The molecule has 0 aliphatic rings. The molecule has 0 saturated carbocycles. The number of carbonyl (C=O) groups excluding carboxylic acids is 1. The van der Waals surface area contributed by atoms with Crippen LogP contribution in [0, 0.1) is 0 Å². The Morgan fingerprint density at radius 2 is 1.35 bits per heavy atom. The van der Waals surface area contributed by atoms with Crippen molar-refractivity contribution >= 4 is 25.4 Å². The number of ether oxygens (including phenoxy) is 1. The van der Waals surface area contributed by atoms with Crippen LogP contribution < -0.4 is 0 Å². The molecule has 0 saturated heterocycles. The summed E-state index contributed by atoms with van der Waals surface area (Å²) in [5, 5.41) is 0.107. The molecule has 26 heavy (non-hydrogen) atoms. The van der Waals surface area contributed by atoms with E-state index in [0.29, 0.717) is 0 Å². The summed E-state index contributed by atoms with van der Waals surface area (Å²) in [6.07, 6.45) is 11.6. The van der Waals surface area contributed by atoms with E-state index < -0.39 is 8.56 Å². The third-order valence-corrected chi connectivity index (χ3v) is 9.25. The number of hydrogen-bond acceptors (Lipinski definition) is 5. The second-order valence-electron chi connectivity index (χ2n) is 6.76.